The number of hydrogen-bond donors (Lipinski definition) is 0. The first kappa shape index (κ1) is 19.5. The van der Waals surface area contributed by atoms with Crippen LogP contribution in [0.2, 0.25) is 0 Å². The molecule has 0 radical (unpaired) electrons. The molecule has 2 fully saturated rings. The van der Waals surface area contributed by atoms with Crippen LogP contribution in [0.4, 0.5) is 11.8 Å². The fourth-order valence-corrected chi connectivity index (χ4v) is 4.03. The average molecular weight is 396 g/mol. The van der Waals surface area contributed by atoms with E-state index < -0.39 is 0 Å². The van der Waals surface area contributed by atoms with Crippen LogP contribution in [0.5, 0.6) is 0 Å². The largest absolute Gasteiger partial charge is 0.355 e. The van der Waals surface area contributed by atoms with E-state index in [4.69, 9.17) is 0 Å². The van der Waals surface area contributed by atoms with Crippen LogP contribution < -0.4 is 9.80 Å². The summed E-state index contributed by atoms with van der Waals surface area (Å²) in [6.45, 7) is 9.01. The van der Waals surface area contributed by atoms with E-state index in [1.54, 1.807) is 18.6 Å². The van der Waals surface area contributed by atoms with E-state index in [2.05, 4.69) is 43.6 Å². The summed E-state index contributed by atoms with van der Waals surface area (Å²) in [7, 11) is 0. The van der Waals surface area contributed by atoms with Crippen molar-refractivity contribution in [3.05, 3.63) is 36.5 Å². The van der Waals surface area contributed by atoms with Gasteiger partial charge in [0.05, 0.1) is 6.20 Å². The predicted octanol–water partition coefficient (Wildman–Crippen LogP) is 1.96. The SMILES string of the molecule is CC(C)c1ccnc(N2CCN(C(=O)C3CCN(c4cnccn4)CC3)CC2)n1. The molecule has 4 heterocycles. The van der Waals surface area contributed by atoms with Crippen molar-refractivity contribution in [3.8, 4) is 0 Å². The Labute approximate surface area is 172 Å². The number of amides is 1. The molecule has 0 aromatic carbocycles. The van der Waals surface area contributed by atoms with Gasteiger partial charge in [0, 0.05) is 69.5 Å². The van der Waals surface area contributed by atoms with Gasteiger partial charge >= 0.3 is 0 Å². The molecule has 0 bridgehead atoms. The fraction of sp³-hybridized carbons (Fsp3) is 0.571. The number of carbonyl (C=O) groups excluding carboxylic acids is 1. The highest BCUT2D eigenvalue weighted by molar-refractivity contribution is 5.79. The summed E-state index contributed by atoms with van der Waals surface area (Å²) in [6, 6.07) is 1.97. The number of piperazine rings is 1. The maximum atomic E-state index is 13.0. The molecule has 0 aliphatic carbocycles. The molecule has 2 saturated heterocycles. The summed E-state index contributed by atoms with van der Waals surface area (Å²) >= 11 is 0. The standard InChI is InChI=1S/C21H29N7O/c1-16(2)18-3-6-24-21(25-18)28-13-11-27(12-14-28)20(29)17-4-9-26(10-5-17)19-15-22-7-8-23-19/h3,6-8,15-17H,4-5,9-14H2,1-2H3. The molecule has 2 aromatic heterocycles. The van der Waals surface area contributed by atoms with E-state index >= 15 is 0 Å². The topological polar surface area (TPSA) is 78.4 Å². The Morgan fingerprint density at radius 1 is 0.966 bits per heavy atom. The van der Waals surface area contributed by atoms with Gasteiger partial charge in [0.2, 0.25) is 11.9 Å². The summed E-state index contributed by atoms with van der Waals surface area (Å²) in [5.74, 6) is 2.46. The van der Waals surface area contributed by atoms with Crippen LogP contribution in [0, 0.1) is 5.92 Å². The van der Waals surface area contributed by atoms with Gasteiger partial charge in [0.1, 0.15) is 5.82 Å². The lowest BCUT2D eigenvalue weighted by Crippen LogP contribution is -2.52. The van der Waals surface area contributed by atoms with Crippen molar-refractivity contribution < 1.29 is 4.79 Å². The second-order valence-corrected chi connectivity index (χ2v) is 8.07. The molecule has 8 heteroatoms. The highest BCUT2D eigenvalue weighted by Gasteiger charge is 2.31. The van der Waals surface area contributed by atoms with Gasteiger partial charge < -0.3 is 14.7 Å². The van der Waals surface area contributed by atoms with Crippen LogP contribution in [0.3, 0.4) is 0 Å². The van der Waals surface area contributed by atoms with E-state index in [-0.39, 0.29) is 5.92 Å². The molecule has 8 nitrogen and oxygen atoms in total. The number of rotatable bonds is 4. The molecule has 1 amide bonds. The Kier molecular flexibility index (Phi) is 5.87. The van der Waals surface area contributed by atoms with Gasteiger partial charge in [-0.05, 0) is 24.8 Å². The molecule has 0 saturated carbocycles. The highest BCUT2D eigenvalue weighted by atomic mass is 16.2. The summed E-state index contributed by atoms with van der Waals surface area (Å²) in [4.78, 5) is 37.1. The van der Waals surface area contributed by atoms with Crippen molar-refractivity contribution in [3.63, 3.8) is 0 Å². The normalized spacial score (nSPS) is 18.4. The summed E-state index contributed by atoms with van der Waals surface area (Å²) in [6.07, 6.45) is 8.76. The van der Waals surface area contributed by atoms with Crippen molar-refractivity contribution in [2.45, 2.75) is 32.6 Å². The first-order chi connectivity index (χ1) is 14.1. The van der Waals surface area contributed by atoms with Crippen molar-refractivity contribution in [2.75, 3.05) is 49.1 Å². The fourth-order valence-electron chi connectivity index (χ4n) is 4.03. The molecule has 154 valence electrons. The van der Waals surface area contributed by atoms with E-state index in [1.165, 1.54) is 0 Å². The summed E-state index contributed by atoms with van der Waals surface area (Å²) in [5.41, 5.74) is 1.06. The predicted molar refractivity (Wildman–Crippen MR) is 112 cm³/mol. The zero-order chi connectivity index (χ0) is 20.2. The summed E-state index contributed by atoms with van der Waals surface area (Å²) < 4.78 is 0. The van der Waals surface area contributed by atoms with Crippen molar-refractivity contribution >= 4 is 17.7 Å². The van der Waals surface area contributed by atoms with Gasteiger partial charge in [-0.2, -0.15) is 0 Å². The maximum absolute atomic E-state index is 13.0. The summed E-state index contributed by atoms with van der Waals surface area (Å²) in [5, 5.41) is 0. The minimum Gasteiger partial charge on any atom is -0.355 e. The van der Waals surface area contributed by atoms with Crippen LogP contribution in [0.15, 0.2) is 30.9 Å². The Balaban J connectivity index is 1.29. The molecule has 4 rings (SSSR count). The van der Waals surface area contributed by atoms with Gasteiger partial charge in [-0.25, -0.2) is 15.0 Å². The van der Waals surface area contributed by atoms with Gasteiger partial charge in [-0.3, -0.25) is 9.78 Å². The first-order valence-corrected chi connectivity index (χ1v) is 10.5. The van der Waals surface area contributed by atoms with Gasteiger partial charge in [-0.15, -0.1) is 0 Å². The van der Waals surface area contributed by atoms with Gasteiger partial charge in [0.15, 0.2) is 0 Å². The van der Waals surface area contributed by atoms with Crippen LogP contribution in [-0.4, -0.2) is 70.0 Å². The number of nitrogens with zero attached hydrogens (tertiary/aromatic N) is 7. The number of carbonyl (C=O) groups is 1. The quantitative estimate of drug-likeness (QED) is 0.783. The number of hydrogen-bond acceptors (Lipinski definition) is 7. The molecule has 0 unspecified atom stereocenters. The van der Waals surface area contributed by atoms with Crippen molar-refractivity contribution in [2.24, 2.45) is 5.92 Å². The molecule has 2 aliphatic rings. The lowest BCUT2D eigenvalue weighted by atomic mass is 9.95. The Hall–Kier alpha value is -2.77. The highest BCUT2D eigenvalue weighted by Crippen LogP contribution is 2.24. The van der Waals surface area contributed by atoms with Crippen molar-refractivity contribution in [1.82, 2.24) is 24.8 Å². The Morgan fingerprint density at radius 3 is 2.38 bits per heavy atom. The van der Waals surface area contributed by atoms with Gasteiger partial charge in [0.25, 0.3) is 0 Å². The molecule has 2 aromatic rings. The molecule has 2 aliphatic heterocycles. The minimum atomic E-state index is 0.106. The average Bonchev–Trinajstić information content (AvgIpc) is 2.79. The lowest BCUT2D eigenvalue weighted by Gasteiger charge is -2.38. The second kappa shape index (κ2) is 8.71. The van der Waals surface area contributed by atoms with Gasteiger partial charge in [-0.1, -0.05) is 13.8 Å². The van der Waals surface area contributed by atoms with Crippen LogP contribution in [-0.2, 0) is 4.79 Å². The minimum absolute atomic E-state index is 0.106. The number of anilines is 2. The van der Waals surface area contributed by atoms with Crippen LogP contribution >= 0.6 is 0 Å². The molecule has 29 heavy (non-hydrogen) atoms. The molecule has 0 spiro atoms. The molecular weight excluding hydrogens is 366 g/mol. The van der Waals surface area contributed by atoms with E-state index in [9.17, 15) is 4.79 Å². The third-order valence-electron chi connectivity index (χ3n) is 5.85. The van der Waals surface area contributed by atoms with E-state index in [0.29, 0.717) is 11.8 Å². The number of aromatic nitrogens is 4. The third-order valence-corrected chi connectivity index (χ3v) is 5.85. The Morgan fingerprint density at radius 2 is 1.72 bits per heavy atom. The first-order valence-electron chi connectivity index (χ1n) is 10.5. The zero-order valence-electron chi connectivity index (χ0n) is 17.2. The monoisotopic (exact) mass is 395 g/mol. The van der Waals surface area contributed by atoms with Crippen molar-refractivity contribution in [1.29, 1.82) is 0 Å². The maximum Gasteiger partial charge on any atom is 0.225 e. The third kappa shape index (κ3) is 4.46. The molecular formula is C21H29N7O. The second-order valence-electron chi connectivity index (χ2n) is 8.07. The molecule has 0 atom stereocenters. The number of piperidine rings is 1. The van der Waals surface area contributed by atoms with E-state index in [1.807, 2.05) is 17.2 Å². The van der Waals surface area contributed by atoms with Crippen LogP contribution in [0.1, 0.15) is 38.3 Å². The smallest absolute Gasteiger partial charge is 0.225 e. The van der Waals surface area contributed by atoms with E-state index in [0.717, 1.165) is 69.6 Å². The van der Waals surface area contributed by atoms with Crippen LogP contribution in [0.25, 0.3) is 0 Å². The lowest BCUT2D eigenvalue weighted by molar-refractivity contribution is -0.136. The zero-order valence-corrected chi connectivity index (χ0v) is 17.2. The molecule has 0 N–H and O–H groups in total. The Bertz CT molecular complexity index is 813.